The maximum Gasteiger partial charge on any atom is 0.201 e. The Morgan fingerprint density at radius 2 is 2.10 bits per heavy atom. The van der Waals surface area contributed by atoms with Crippen LogP contribution in [-0.2, 0) is 11.3 Å². The molecule has 1 aliphatic rings. The molecule has 20 heavy (non-hydrogen) atoms. The molecule has 0 unspecified atom stereocenters. The number of ether oxygens (including phenoxy) is 1. The van der Waals surface area contributed by atoms with Gasteiger partial charge in [-0.05, 0) is 25.0 Å². The highest BCUT2D eigenvalue weighted by molar-refractivity contribution is 6.35. The Hall–Kier alpha value is -1.26. The lowest BCUT2D eigenvalue weighted by Crippen LogP contribution is -2.19. The molecule has 0 radical (unpaired) electrons. The van der Waals surface area contributed by atoms with Crippen LogP contribution in [0.15, 0.2) is 18.2 Å². The smallest absolute Gasteiger partial charge is 0.201 e. The Kier molecular flexibility index (Phi) is 4.13. The molecule has 5 heteroatoms. The minimum absolute atomic E-state index is 0.412. The number of aromatic nitrogens is 2. The monoisotopic (exact) mass is 293 g/mol. The number of fused-ring (bicyclic) bond motifs is 1. The summed E-state index contributed by atoms with van der Waals surface area (Å²) >= 11 is 6.25. The molecule has 0 saturated heterocycles. The number of imidazole rings is 1. The summed E-state index contributed by atoms with van der Waals surface area (Å²) in [4.78, 5) is 4.34. The van der Waals surface area contributed by atoms with Gasteiger partial charge in [0.05, 0.1) is 28.8 Å². The van der Waals surface area contributed by atoms with Gasteiger partial charge in [-0.2, -0.15) is 0 Å². The Morgan fingerprint density at radius 1 is 1.30 bits per heavy atom. The summed E-state index contributed by atoms with van der Waals surface area (Å²) in [7, 11) is 0. The molecule has 2 N–H and O–H groups in total. The number of para-hydroxylation sites is 1. The van der Waals surface area contributed by atoms with E-state index in [0.29, 0.717) is 30.2 Å². The first-order chi connectivity index (χ1) is 9.75. The van der Waals surface area contributed by atoms with E-state index in [1.807, 2.05) is 22.8 Å². The van der Waals surface area contributed by atoms with Gasteiger partial charge in [-0.1, -0.05) is 36.9 Å². The Morgan fingerprint density at radius 3 is 2.90 bits per heavy atom. The molecule has 4 nitrogen and oxygen atoms in total. The molecule has 3 rings (SSSR count). The van der Waals surface area contributed by atoms with E-state index in [4.69, 9.17) is 22.1 Å². The second kappa shape index (κ2) is 6.02. The summed E-state index contributed by atoms with van der Waals surface area (Å²) in [5.41, 5.74) is 7.72. The highest BCUT2D eigenvalue weighted by atomic mass is 35.5. The fraction of sp³-hybridized carbons (Fsp3) is 0.533. The number of hydrogen-bond acceptors (Lipinski definition) is 3. The van der Waals surface area contributed by atoms with E-state index in [1.54, 1.807) is 0 Å². The Labute approximate surface area is 123 Å². The number of benzene rings is 1. The second-order valence-electron chi connectivity index (χ2n) is 5.36. The van der Waals surface area contributed by atoms with Crippen molar-refractivity contribution in [3.63, 3.8) is 0 Å². The molecule has 0 spiro atoms. The minimum Gasteiger partial charge on any atom is -0.376 e. The van der Waals surface area contributed by atoms with E-state index >= 15 is 0 Å². The van der Waals surface area contributed by atoms with Crippen LogP contribution in [0, 0.1) is 0 Å². The molecule has 1 aromatic carbocycles. The topological polar surface area (TPSA) is 53.1 Å². The molecule has 1 aromatic heterocycles. The zero-order chi connectivity index (χ0) is 13.9. The molecule has 0 bridgehead atoms. The standard InChI is InChI=1S/C15H20ClN3O/c16-12-7-4-8-13-14(12)19(15(17)18-13)9-10-20-11-5-2-1-3-6-11/h4,7-8,11H,1-3,5-6,9-10H2,(H2,17,18). The number of halogens is 1. The van der Waals surface area contributed by atoms with E-state index in [1.165, 1.54) is 32.1 Å². The van der Waals surface area contributed by atoms with Gasteiger partial charge in [0.2, 0.25) is 5.95 Å². The summed E-state index contributed by atoms with van der Waals surface area (Å²) in [5, 5.41) is 0.685. The second-order valence-corrected chi connectivity index (χ2v) is 5.77. The third kappa shape index (κ3) is 2.76. The van der Waals surface area contributed by atoms with Crippen LogP contribution in [0.3, 0.4) is 0 Å². The van der Waals surface area contributed by atoms with Gasteiger partial charge in [-0.25, -0.2) is 4.98 Å². The van der Waals surface area contributed by atoms with Crippen molar-refractivity contribution >= 4 is 28.6 Å². The molecule has 1 saturated carbocycles. The van der Waals surface area contributed by atoms with E-state index in [9.17, 15) is 0 Å². The Balaban J connectivity index is 1.69. The normalized spacial score (nSPS) is 16.9. The number of nitrogen functional groups attached to an aromatic ring is 1. The Bertz CT molecular complexity index is 590. The van der Waals surface area contributed by atoms with Crippen molar-refractivity contribution in [1.82, 2.24) is 9.55 Å². The van der Waals surface area contributed by atoms with Crippen molar-refractivity contribution in [2.75, 3.05) is 12.3 Å². The van der Waals surface area contributed by atoms with Crippen molar-refractivity contribution in [3.8, 4) is 0 Å². The fourth-order valence-corrected chi connectivity index (χ4v) is 3.20. The fourth-order valence-electron chi connectivity index (χ4n) is 2.93. The molecule has 1 aliphatic carbocycles. The lowest BCUT2D eigenvalue weighted by molar-refractivity contribution is 0.0246. The molecule has 1 heterocycles. The predicted molar refractivity (Wildman–Crippen MR) is 82.0 cm³/mol. The lowest BCUT2D eigenvalue weighted by Gasteiger charge is -2.22. The predicted octanol–water partition coefficient (Wildman–Crippen LogP) is 3.62. The molecular formula is C15H20ClN3O. The summed E-state index contributed by atoms with van der Waals surface area (Å²) in [6.45, 7) is 1.36. The van der Waals surface area contributed by atoms with Crippen molar-refractivity contribution in [2.45, 2.75) is 44.8 Å². The van der Waals surface area contributed by atoms with Crippen molar-refractivity contribution in [2.24, 2.45) is 0 Å². The quantitative estimate of drug-likeness (QED) is 0.936. The van der Waals surface area contributed by atoms with E-state index in [0.717, 1.165) is 11.0 Å². The van der Waals surface area contributed by atoms with Crippen LogP contribution >= 0.6 is 11.6 Å². The average molecular weight is 294 g/mol. The van der Waals surface area contributed by atoms with Gasteiger partial charge in [-0.15, -0.1) is 0 Å². The maximum atomic E-state index is 6.25. The molecule has 0 aliphatic heterocycles. The average Bonchev–Trinajstić information content (AvgIpc) is 2.78. The number of nitrogens with zero attached hydrogens (tertiary/aromatic N) is 2. The van der Waals surface area contributed by atoms with Crippen LogP contribution in [0.4, 0.5) is 5.95 Å². The molecule has 0 amide bonds. The first kappa shape index (κ1) is 13.7. The number of hydrogen-bond donors (Lipinski definition) is 1. The van der Waals surface area contributed by atoms with Crippen molar-refractivity contribution in [3.05, 3.63) is 23.2 Å². The summed E-state index contributed by atoms with van der Waals surface area (Å²) in [6, 6.07) is 5.68. The van der Waals surface area contributed by atoms with Crippen LogP contribution in [0.5, 0.6) is 0 Å². The van der Waals surface area contributed by atoms with Crippen LogP contribution in [0.2, 0.25) is 5.02 Å². The van der Waals surface area contributed by atoms with Crippen LogP contribution in [0.1, 0.15) is 32.1 Å². The largest absolute Gasteiger partial charge is 0.376 e. The SMILES string of the molecule is Nc1nc2cccc(Cl)c2n1CCOC1CCCCC1. The first-order valence-electron chi connectivity index (χ1n) is 7.27. The van der Waals surface area contributed by atoms with Gasteiger partial charge >= 0.3 is 0 Å². The molecule has 1 fully saturated rings. The van der Waals surface area contributed by atoms with E-state index in [2.05, 4.69) is 4.98 Å². The van der Waals surface area contributed by atoms with E-state index < -0.39 is 0 Å². The van der Waals surface area contributed by atoms with Crippen molar-refractivity contribution in [1.29, 1.82) is 0 Å². The third-order valence-electron chi connectivity index (χ3n) is 3.97. The van der Waals surface area contributed by atoms with Crippen LogP contribution in [-0.4, -0.2) is 22.3 Å². The van der Waals surface area contributed by atoms with Crippen LogP contribution < -0.4 is 5.73 Å². The van der Waals surface area contributed by atoms with Crippen molar-refractivity contribution < 1.29 is 4.74 Å². The zero-order valence-corrected chi connectivity index (χ0v) is 12.3. The summed E-state index contributed by atoms with van der Waals surface area (Å²) < 4.78 is 7.90. The highest BCUT2D eigenvalue weighted by Crippen LogP contribution is 2.26. The maximum absolute atomic E-state index is 6.25. The molecule has 2 aromatic rings. The van der Waals surface area contributed by atoms with E-state index in [-0.39, 0.29) is 0 Å². The highest BCUT2D eigenvalue weighted by Gasteiger charge is 2.15. The minimum atomic E-state index is 0.412. The lowest BCUT2D eigenvalue weighted by atomic mass is 9.98. The molecule has 108 valence electrons. The third-order valence-corrected chi connectivity index (χ3v) is 4.27. The summed E-state index contributed by atoms with van der Waals surface area (Å²) in [6.07, 6.45) is 6.69. The zero-order valence-electron chi connectivity index (χ0n) is 11.5. The van der Waals surface area contributed by atoms with Gasteiger partial charge in [0, 0.05) is 6.54 Å². The van der Waals surface area contributed by atoms with Crippen LogP contribution in [0.25, 0.3) is 11.0 Å². The van der Waals surface area contributed by atoms with Gasteiger partial charge in [0.1, 0.15) is 0 Å². The van der Waals surface area contributed by atoms with Gasteiger partial charge in [-0.3, -0.25) is 0 Å². The molecule has 0 atom stereocenters. The number of nitrogens with two attached hydrogens (primary N) is 1. The summed E-state index contributed by atoms with van der Waals surface area (Å²) in [5.74, 6) is 0.500. The van der Waals surface area contributed by atoms with Gasteiger partial charge in [0.25, 0.3) is 0 Å². The number of rotatable bonds is 4. The number of anilines is 1. The van der Waals surface area contributed by atoms with Gasteiger partial charge < -0.3 is 15.0 Å². The molecular weight excluding hydrogens is 274 g/mol. The first-order valence-corrected chi connectivity index (χ1v) is 7.65. The van der Waals surface area contributed by atoms with Gasteiger partial charge in [0.15, 0.2) is 0 Å².